The van der Waals surface area contributed by atoms with Crippen molar-refractivity contribution in [1.82, 2.24) is 19.7 Å². The van der Waals surface area contributed by atoms with Crippen LogP contribution in [0.2, 0.25) is 0 Å². The van der Waals surface area contributed by atoms with Gasteiger partial charge in [-0.2, -0.15) is 0 Å². The van der Waals surface area contributed by atoms with Crippen LogP contribution in [0.4, 0.5) is 4.39 Å². The lowest BCUT2D eigenvalue weighted by Crippen LogP contribution is -2.63. The summed E-state index contributed by atoms with van der Waals surface area (Å²) < 4.78 is 14.0. The molecule has 148 valence electrons. The van der Waals surface area contributed by atoms with Gasteiger partial charge in [0.1, 0.15) is 0 Å². The molecule has 28 heavy (non-hydrogen) atoms. The second-order valence-electron chi connectivity index (χ2n) is 8.49. The van der Waals surface area contributed by atoms with Gasteiger partial charge >= 0.3 is 0 Å². The lowest BCUT2D eigenvalue weighted by molar-refractivity contribution is -0.0157. The molecule has 1 spiro atoms. The minimum Gasteiger partial charge on any atom is -0.337 e. The molecule has 5 nitrogen and oxygen atoms in total. The van der Waals surface area contributed by atoms with Gasteiger partial charge in [0.25, 0.3) is 5.91 Å². The maximum atomic E-state index is 14.0. The average molecular weight is 382 g/mol. The van der Waals surface area contributed by atoms with Crippen LogP contribution >= 0.6 is 0 Å². The van der Waals surface area contributed by atoms with Gasteiger partial charge in [-0.25, -0.2) is 4.39 Å². The van der Waals surface area contributed by atoms with Gasteiger partial charge in [-0.1, -0.05) is 30.3 Å². The van der Waals surface area contributed by atoms with E-state index in [0.717, 1.165) is 32.4 Å². The maximum Gasteiger partial charge on any atom is 0.256 e. The van der Waals surface area contributed by atoms with Crippen LogP contribution in [0.25, 0.3) is 0 Å². The number of halogens is 1. The number of amides is 1. The predicted octanol–water partition coefficient (Wildman–Crippen LogP) is 2.36. The molecule has 2 fully saturated rings. The first-order valence-electron chi connectivity index (χ1n) is 9.77. The van der Waals surface area contributed by atoms with E-state index in [2.05, 4.69) is 53.1 Å². The molecule has 1 aromatic heterocycles. The van der Waals surface area contributed by atoms with E-state index in [4.69, 9.17) is 0 Å². The third-order valence-corrected chi connectivity index (χ3v) is 6.02. The molecule has 2 aromatic rings. The largest absolute Gasteiger partial charge is 0.337 e. The van der Waals surface area contributed by atoms with Crippen molar-refractivity contribution in [2.45, 2.75) is 6.54 Å². The molecule has 0 bridgehead atoms. The Bertz CT molecular complexity index is 835. The predicted molar refractivity (Wildman–Crippen MR) is 106 cm³/mol. The second-order valence-corrected chi connectivity index (χ2v) is 8.49. The molecule has 2 aliphatic heterocycles. The molecule has 1 unspecified atom stereocenters. The number of pyridine rings is 1. The lowest BCUT2D eigenvalue weighted by Gasteiger charge is -2.51. The Morgan fingerprint density at radius 3 is 2.64 bits per heavy atom. The molecule has 1 aromatic carbocycles. The number of benzene rings is 1. The number of carbonyl (C=O) groups is 1. The molecule has 6 heteroatoms. The molecule has 4 rings (SSSR count). The van der Waals surface area contributed by atoms with Gasteiger partial charge < -0.3 is 9.80 Å². The van der Waals surface area contributed by atoms with E-state index < -0.39 is 5.82 Å². The SMILES string of the molecule is CN(C)CC1CN(Cc2ccccc2)CC12CN(C(=O)c1ccncc1F)C2. The molecule has 1 atom stereocenters. The van der Waals surface area contributed by atoms with Gasteiger partial charge in [0.05, 0.1) is 11.8 Å². The Balaban J connectivity index is 1.46. The molecule has 0 aliphatic carbocycles. The van der Waals surface area contributed by atoms with Crippen LogP contribution in [0.1, 0.15) is 15.9 Å². The summed E-state index contributed by atoms with van der Waals surface area (Å²) in [5.74, 6) is -0.274. The molecular formula is C22H27FN4O. The van der Waals surface area contributed by atoms with Gasteiger partial charge in [-0.3, -0.25) is 14.7 Å². The number of nitrogens with zero attached hydrogens (tertiary/aromatic N) is 4. The Kier molecular flexibility index (Phi) is 5.17. The monoisotopic (exact) mass is 382 g/mol. The van der Waals surface area contributed by atoms with E-state index in [-0.39, 0.29) is 16.9 Å². The topological polar surface area (TPSA) is 39.7 Å². The zero-order valence-corrected chi connectivity index (χ0v) is 16.5. The first-order valence-corrected chi connectivity index (χ1v) is 9.77. The quantitative estimate of drug-likeness (QED) is 0.796. The van der Waals surface area contributed by atoms with Crippen molar-refractivity contribution < 1.29 is 9.18 Å². The highest BCUT2D eigenvalue weighted by molar-refractivity contribution is 5.95. The summed E-state index contributed by atoms with van der Waals surface area (Å²) in [6.07, 6.45) is 2.58. The Hall–Kier alpha value is -2.31. The highest BCUT2D eigenvalue weighted by Crippen LogP contribution is 2.45. The fourth-order valence-corrected chi connectivity index (χ4v) is 4.73. The van der Waals surface area contributed by atoms with E-state index in [0.29, 0.717) is 19.0 Å². The highest BCUT2D eigenvalue weighted by atomic mass is 19.1. The summed E-state index contributed by atoms with van der Waals surface area (Å²) in [7, 11) is 4.20. The van der Waals surface area contributed by atoms with Crippen LogP contribution in [0.3, 0.4) is 0 Å². The van der Waals surface area contributed by atoms with Crippen LogP contribution in [0.5, 0.6) is 0 Å². The summed E-state index contributed by atoms with van der Waals surface area (Å²) in [5, 5.41) is 0. The number of likely N-dealkylation sites (tertiary alicyclic amines) is 2. The smallest absolute Gasteiger partial charge is 0.256 e. The summed E-state index contributed by atoms with van der Waals surface area (Å²) >= 11 is 0. The maximum absolute atomic E-state index is 14.0. The average Bonchev–Trinajstić information content (AvgIpc) is 2.98. The normalized spacial score (nSPS) is 21.3. The van der Waals surface area contributed by atoms with E-state index >= 15 is 0 Å². The Morgan fingerprint density at radius 2 is 1.96 bits per heavy atom. The standard InChI is InChI=1S/C22H27FN4O/c1-25(2)12-18-13-26(11-17-6-4-3-5-7-17)14-22(18)15-27(16-22)21(28)19-8-9-24-10-20(19)23/h3-10,18H,11-16H2,1-2H3. The molecule has 2 aliphatic rings. The van der Waals surface area contributed by atoms with E-state index in [1.54, 1.807) is 4.90 Å². The fourth-order valence-electron chi connectivity index (χ4n) is 4.73. The number of rotatable bonds is 5. The third kappa shape index (κ3) is 3.66. The van der Waals surface area contributed by atoms with Gasteiger partial charge in [-0.05, 0) is 31.6 Å². The van der Waals surface area contributed by atoms with Crippen LogP contribution in [0, 0.1) is 17.2 Å². The second kappa shape index (κ2) is 7.60. The molecule has 1 amide bonds. The van der Waals surface area contributed by atoms with Gasteiger partial charge in [-0.15, -0.1) is 0 Å². The van der Waals surface area contributed by atoms with Crippen molar-refractivity contribution in [2.24, 2.45) is 11.3 Å². The molecule has 3 heterocycles. The molecule has 0 saturated carbocycles. The zero-order valence-electron chi connectivity index (χ0n) is 16.5. The summed E-state index contributed by atoms with van der Waals surface area (Å²) in [6.45, 7) is 5.31. The summed E-state index contributed by atoms with van der Waals surface area (Å²) in [4.78, 5) is 23.0. The van der Waals surface area contributed by atoms with Crippen molar-refractivity contribution >= 4 is 5.91 Å². The van der Waals surface area contributed by atoms with Crippen molar-refractivity contribution in [2.75, 3.05) is 46.8 Å². The van der Waals surface area contributed by atoms with Crippen LogP contribution in [-0.4, -0.2) is 72.4 Å². The lowest BCUT2D eigenvalue weighted by atomic mass is 9.71. The van der Waals surface area contributed by atoms with E-state index in [1.807, 2.05) is 6.07 Å². The van der Waals surface area contributed by atoms with E-state index in [1.165, 1.54) is 17.8 Å². The Morgan fingerprint density at radius 1 is 1.21 bits per heavy atom. The number of hydrogen-bond donors (Lipinski definition) is 0. The molecule has 0 N–H and O–H groups in total. The van der Waals surface area contributed by atoms with Crippen LogP contribution in [-0.2, 0) is 6.54 Å². The number of hydrogen-bond acceptors (Lipinski definition) is 4. The summed E-state index contributed by atoms with van der Waals surface area (Å²) in [5.41, 5.74) is 1.53. The zero-order chi connectivity index (χ0) is 19.7. The molecule has 0 radical (unpaired) electrons. The number of carbonyl (C=O) groups excluding carboxylic acids is 1. The van der Waals surface area contributed by atoms with Gasteiger partial charge in [0, 0.05) is 50.9 Å². The van der Waals surface area contributed by atoms with E-state index in [9.17, 15) is 9.18 Å². The number of aromatic nitrogens is 1. The third-order valence-electron chi connectivity index (χ3n) is 6.02. The first kappa shape index (κ1) is 19.0. The van der Waals surface area contributed by atoms with Gasteiger partial charge in [0.15, 0.2) is 5.82 Å². The van der Waals surface area contributed by atoms with Crippen molar-refractivity contribution in [1.29, 1.82) is 0 Å². The van der Waals surface area contributed by atoms with Gasteiger partial charge in [0.2, 0.25) is 0 Å². The van der Waals surface area contributed by atoms with Crippen LogP contribution < -0.4 is 0 Å². The van der Waals surface area contributed by atoms with Crippen LogP contribution in [0.15, 0.2) is 48.8 Å². The Labute approximate surface area is 165 Å². The summed E-state index contributed by atoms with van der Waals surface area (Å²) in [6, 6.07) is 12.0. The van der Waals surface area contributed by atoms with Crippen molar-refractivity contribution in [3.05, 3.63) is 65.7 Å². The minimum absolute atomic E-state index is 0.0955. The molecular weight excluding hydrogens is 355 g/mol. The fraction of sp³-hybridized carbons (Fsp3) is 0.455. The highest BCUT2D eigenvalue weighted by Gasteiger charge is 2.55. The first-order chi connectivity index (χ1) is 13.5. The van der Waals surface area contributed by atoms with Crippen molar-refractivity contribution in [3.63, 3.8) is 0 Å². The molecule has 2 saturated heterocycles. The minimum atomic E-state index is -0.546. The van der Waals surface area contributed by atoms with Crippen molar-refractivity contribution in [3.8, 4) is 0 Å².